The first-order valence-corrected chi connectivity index (χ1v) is 14.6. The molecular formula is C33H42N6O3. The van der Waals surface area contributed by atoms with E-state index in [-0.39, 0.29) is 0 Å². The quantitative estimate of drug-likeness (QED) is 0.165. The van der Waals surface area contributed by atoms with Gasteiger partial charge in [-0.05, 0) is 65.3 Å². The van der Waals surface area contributed by atoms with Gasteiger partial charge in [0, 0.05) is 50.0 Å². The van der Waals surface area contributed by atoms with Crippen molar-refractivity contribution in [3.63, 3.8) is 0 Å². The Morgan fingerprint density at radius 1 is 0.714 bits per heavy atom. The number of rotatable bonds is 15. The molecule has 0 atom stereocenters. The lowest BCUT2D eigenvalue weighted by molar-refractivity contribution is 0.188. The van der Waals surface area contributed by atoms with Crippen LogP contribution in [0.1, 0.15) is 12.8 Å². The molecule has 0 saturated carbocycles. The zero-order valence-corrected chi connectivity index (χ0v) is 25.4. The van der Waals surface area contributed by atoms with Crippen LogP contribution in [0.15, 0.2) is 60.7 Å². The highest BCUT2D eigenvalue weighted by molar-refractivity contribution is 5.83. The average molecular weight is 571 g/mol. The molecule has 9 heteroatoms. The van der Waals surface area contributed by atoms with Gasteiger partial charge in [0.25, 0.3) is 0 Å². The highest BCUT2D eigenvalue weighted by Gasteiger charge is 2.15. The van der Waals surface area contributed by atoms with Crippen molar-refractivity contribution in [2.75, 3.05) is 68.2 Å². The van der Waals surface area contributed by atoms with Crippen LogP contribution >= 0.6 is 0 Å². The monoisotopic (exact) mass is 570 g/mol. The maximum absolute atomic E-state index is 6.01. The fourth-order valence-corrected chi connectivity index (χ4v) is 4.96. The summed E-state index contributed by atoms with van der Waals surface area (Å²) in [6.07, 6.45) is 1.96. The second-order valence-corrected chi connectivity index (χ2v) is 11.1. The molecule has 0 bridgehead atoms. The lowest BCUT2D eigenvalue weighted by atomic mass is 10.1. The number of aromatic nitrogens is 4. The van der Waals surface area contributed by atoms with Gasteiger partial charge in [-0.15, -0.1) is 0 Å². The lowest BCUT2D eigenvalue weighted by Gasteiger charge is -2.11. The summed E-state index contributed by atoms with van der Waals surface area (Å²) < 4.78 is 19.6. The number of aromatic amines is 1. The highest BCUT2D eigenvalue weighted by Crippen LogP contribution is 2.30. The van der Waals surface area contributed by atoms with Crippen LogP contribution in [0.5, 0.6) is 11.5 Å². The van der Waals surface area contributed by atoms with Crippen molar-refractivity contribution in [3.05, 3.63) is 60.7 Å². The Balaban J connectivity index is 1.34. The molecule has 0 saturated heterocycles. The zero-order valence-electron chi connectivity index (χ0n) is 25.4. The summed E-state index contributed by atoms with van der Waals surface area (Å²) in [7, 11) is 10.0. The van der Waals surface area contributed by atoms with E-state index in [1.165, 1.54) is 0 Å². The molecular weight excluding hydrogens is 528 g/mol. The number of fused-ring (bicyclic) bond motifs is 2. The number of ether oxygens (including phenoxy) is 3. The van der Waals surface area contributed by atoms with Gasteiger partial charge < -0.3 is 33.6 Å². The number of methoxy groups -OCH3 is 1. The van der Waals surface area contributed by atoms with E-state index in [0.717, 1.165) is 82.3 Å². The van der Waals surface area contributed by atoms with Crippen molar-refractivity contribution in [3.8, 4) is 34.3 Å². The summed E-state index contributed by atoms with van der Waals surface area (Å²) >= 11 is 0. The highest BCUT2D eigenvalue weighted by atomic mass is 16.5. The third kappa shape index (κ3) is 7.28. The lowest BCUT2D eigenvalue weighted by Crippen LogP contribution is -2.15. The molecule has 0 unspecified atom stereocenters. The molecule has 3 aromatic carbocycles. The molecule has 5 aromatic rings. The molecule has 5 rings (SSSR count). The fraction of sp³-hybridized carbons (Fsp3) is 0.394. The van der Waals surface area contributed by atoms with E-state index < -0.39 is 0 Å². The topological polar surface area (TPSA) is 80.7 Å². The van der Waals surface area contributed by atoms with Crippen LogP contribution in [0.2, 0.25) is 0 Å². The second kappa shape index (κ2) is 13.8. The Bertz CT molecular complexity index is 1590. The van der Waals surface area contributed by atoms with Gasteiger partial charge in [-0.3, -0.25) is 0 Å². The van der Waals surface area contributed by atoms with Gasteiger partial charge in [0.05, 0.1) is 41.9 Å². The van der Waals surface area contributed by atoms with Gasteiger partial charge in [-0.2, -0.15) is 0 Å². The Morgan fingerprint density at radius 2 is 1.36 bits per heavy atom. The van der Waals surface area contributed by atoms with E-state index in [4.69, 9.17) is 24.2 Å². The summed E-state index contributed by atoms with van der Waals surface area (Å²) in [5.74, 6) is 3.42. The van der Waals surface area contributed by atoms with Gasteiger partial charge in [0.15, 0.2) is 0 Å². The van der Waals surface area contributed by atoms with Crippen molar-refractivity contribution in [2.45, 2.75) is 19.4 Å². The maximum Gasteiger partial charge on any atom is 0.141 e. The number of nitrogens with zero attached hydrogens (tertiary/aromatic N) is 5. The van der Waals surface area contributed by atoms with Gasteiger partial charge in [0.1, 0.15) is 23.1 Å². The maximum atomic E-state index is 6.01. The van der Waals surface area contributed by atoms with E-state index in [0.29, 0.717) is 26.4 Å². The molecule has 0 aliphatic rings. The van der Waals surface area contributed by atoms with Crippen molar-refractivity contribution in [1.82, 2.24) is 29.3 Å². The van der Waals surface area contributed by atoms with Crippen LogP contribution < -0.4 is 9.47 Å². The number of nitrogens with one attached hydrogen (secondary N) is 1. The third-order valence-corrected chi connectivity index (χ3v) is 7.15. The molecule has 0 radical (unpaired) electrons. The minimum absolute atomic E-state index is 0.597. The van der Waals surface area contributed by atoms with Crippen molar-refractivity contribution in [2.24, 2.45) is 0 Å². The van der Waals surface area contributed by atoms with Crippen LogP contribution in [0.4, 0.5) is 0 Å². The van der Waals surface area contributed by atoms with Gasteiger partial charge in [-0.1, -0.05) is 24.3 Å². The largest absolute Gasteiger partial charge is 0.493 e. The molecule has 1 N–H and O–H groups in total. The Kier molecular flexibility index (Phi) is 9.74. The minimum Gasteiger partial charge on any atom is -0.493 e. The summed E-state index contributed by atoms with van der Waals surface area (Å²) in [4.78, 5) is 17.6. The van der Waals surface area contributed by atoms with Crippen LogP contribution in [-0.4, -0.2) is 97.5 Å². The Morgan fingerprint density at radius 3 is 2.02 bits per heavy atom. The van der Waals surface area contributed by atoms with Crippen LogP contribution in [0, 0.1) is 0 Å². The number of hydrogen-bond donors (Lipinski definition) is 1. The van der Waals surface area contributed by atoms with E-state index in [1.807, 2.05) is 30.3 Å². The SMILES string of the molecule is COCCn1c(-c2ccc(-c3nc4ccc(OCCCN(C)C)cc4[nH]3)cc2)nc2cc(OCCCN(C)C)ccc21. The smallest absolute Gasteiger partial charge is 0.141 e. The van der Waals surface area contributed by atoms with Crippen molar-refractivity contribution < 1.29 is 14.2 Å². The predicted octanol–water partition coefficient (Wildman–Crippen LogP) is 5.55. The van der Waals surface area contributed by atoms with E-state index in [2.05, 4.69) is 77.9 Å². The summed E-state index contributed by atoms with van der Waals surface area (Å²) in [6, 6.07) is 20.5. The molecule has 2 aromatic heterocycles. The molecule has 0 fully saturated rings. The summed E-state index contributed by atoms with van der Waals surface area (Å²) in [5.41, 5.74) is 5.88. The van der Waals surface area contributed by atoms with E-state index in [1.54, 1.807) is 7.11 Å². The standard InChI is InChI=1S/C33H42N6O3/c1-37(2)16-6-19-41-26-12-14-28-29(22-26)35-32(34-28)24-8-10-25(11-9-24)33-36-30-23-27(42-20-7-17-38(3)4)13-15-31(30)39(33)18-21-40-5/h8-15,22-23H,6-7,16-21H2,1-5H3,(H,34,35). The number of H-pyrrole nitrogens is 1. The molecule has 0 spiro atoms. The van der Waals surface area contributed by atoms with E-state index in [9.17, 15) is 0 Å². The minimum atomic E-state index is 0.597. The molecule has 9 nitrogen and oxygen atoms in total. The average Bonchev–Trinajstić information content (AvgIpc) is 3.57. The van der Waals surface area contributed by atoms with E-state index >= 15 is 0 Å². The second-order valence-electron chi connectivity index (χ2n) is 11.1. The van der Waals surface area contributed by atoms with Crippen LogP contribution in [0.25, 0.3) is 44.8 Å². The van der Waals surface area contributed by atoms with Crippen LogP contribution in [-0.2, 0) is 11.3 Å². The molecule has 0 aliphatic heterocycles. The first-order valence-electron chi connectivity index (χ1n) is 14.6. The molecule has 222 valence electrons. The van der Waals surface area contributed by atoms with Crippen LogP contribution in [0.3, 0.4) is 0 Å². The van der Waals surface area contributed by atoms with Gasteiger partial charge in [0.2, 0.25) is 0 Å². The zero-order chi connectivity index (χ0) is 29.5. The normalized spacial score (nSPS) is 11.8. The molecule has 42 heavy (non-hydrogen) atoms. The number of imidazole rings is 2. The first-order chi connectivity index (χ1) is 20.4. The predicted molar refractivity (Wildman–Crippen MR) is 169 cm³/mol. The number of hydrogen-bond acceptors (Lipinski definition) is 7. The first kappa shape index (κ1) is 29.6. The van der Waals surface area contributed by atoms with Crippen molar-refractivity contribution >= 4 is 22.1 Å². The fourth-order valence-electron chi connectivity index (χ4n) is 4.96. The number of benzene rings is 3. The van der Waals surface area contributed by atoms with Gasteiger partial charge >= 0.3 is 0 Å². The van der Waals surface area contributed by atoms with Gasteiger partial charge in [-0.25, -0.2) is 9.97 Å². The molecule has 0 aliphatic carbocycles. The molecule has 0 amide bonds. The summed E-state index contributed by atoms with van der Waals surface area (Å²) in [5, 5.41) is 0. The molecule has 2 heterocycles. The Labute approximate surface area is 248 Å². The summed E-state index contributed by atoms with van der Waals surface area (Å²) in [6.45, 7) is 4.66. The Hall–Kier alpha value is -3.92. The third-order valence-electron chi connectivity index (χ3n) is 7.15. The van der Waals surface area contributed by atoms with Crippen molar-refractivity contribution in [1.29, 1.82) is 0 Å².